The topological polar surface area (TPSA) is 70.1 Å². The van der Waals surface area contributed by atoms with Gasteiger partial charge in [0.1, 0.15) is 11.5 Å². The molecule has 0 saturated carbocycles. The molecule has 1 saturated heterocycles. The number of likely N-dealkylation sites (N-methyl/N-ethyl adjacent to an activating group) is 1. The Labute approximate surface area is 202 Å². The number of nitrogens with zero attached hydrogens (tertiary/aromatic N) is 2. The fourth-order valence-corrected chi connectivity index (χ4v) is 4.31. The molecule has 1 amide bonds. The number of hydrogen-bond donors (Lipinski definition) is 1. The van der Waals surface area contributed by atoms with Gasteiger partial charge in [0.25, 0.3) is 11.7 Å². The Morgan fingerprint density at radius 3 is 2.41 bits per heavy atom. The Morgan fingerprint density at radius 1 is 1.00 bits per heavy atom. The molecule has 0 aliphatic carbocycles. The van der Waals surface area contributed by atoms with Crippen molar-refractivity contribution in [1.82, 2.24) is 9.80 Å². The van der Waals surface area contributed by atoms with Gasteiger partial charge in [-0.05, 0) is 37.2 Å². The molecular formula is C28H36N2O4. The summed E-state index contributed by atoms with van der Waals surface area (Å²) in [5.74, 6) is -0.685. The van der Waals surface area contributed by atoms with E-state index in [9.17, 15) is 14.7 Å². The van der Waals surface area contributed by atoms with Crippen molar-refractivity contribution in [2.45, 2.75) is 46.1 Å². The Morgan fingerprint density at radius 2 is 1.74 bits per heavy atom. The first-order chi connectivity index (χ1) is 16.5. The summed E-state index contributed by atoms with van der Waals surface area (Å²) in [5.41, 5.74) is 1.39. The number of rotatable bonds is 12. The number of ketones is 1. The van der Waals surface area contributed by atoms with Crippen molar-refractivity contribution in [3.05, 3.63) is 71.3 Å². The third kappa shape index (κ3) is 5.86. The first-order valence-corrected chi connectivity index (χ1v) is 12.3. The van der Waals surface area contributed by atoms with Gasteiger partial charge in [0.2, 0.25) is 0 Å². The quantitative estimate of drug-likeness (QED) is 0.207. The van der Waals surface area contributed by atoms with Crippen LogP contribution in [-0.4, -0.2) is 59.4 Å². The van der Waals surface area contributed by atoms with E-state index in [2.05, 4.69) is 25.7 Å². The molecule has 0 aromatic heterocycles. The minimum atomic E-state index is -0.671. The zero-order chi connectivity index (χ0) is 24.5. The van der Waals surface area contributed by atoms with Crippen molar-refractivity contribution in [3.8, 4) is 5.75 Å². The number of ether oxygens (including phenoxy) is 1. The fourth-order valence-electron chi connectivity index (χ4n) is 4.31. The van der Waals surface area contributed by atoms with E-state index in [1.165, 1.54) is 0 Å². The lowest BCUT2D eigenvalue weighted by Gasteiger charge is -2.28. The first-order valence-electron chi connectivity index (χ1n) is 12.3. The summed E-state index contributed by atoms with van der Waals surface area (Å²) >= 11 is 0. The molecule has 1 fully saturated rings. The number of aliphatic hydroxyl groups excluding tert-OH is 1. The van der Waals surface area contributed by atoms with Crippen LogP contribution >= 0.6 is 0 Å². The van der Waals surface area contributed by atoms with Crippen molar-refractivity contribution in [1.29, 1.82) is 0 Å². The molecule has 0 radical (unpaired) electrons. The lowest BCUT2D eigenvalue weighted by atomic mass is 9.95. The van der Waals surface area contributed by atoms with Crippen LogP contribution in [0.4, 0.5) is 0 Å². The summed E-state index contributed by atoms with van der Waals surface area (Å²) < 4.78 is 5.94. The summed E-state index contributed by atoms with van der Waals surface area (Å²) in [7, 11) is 0. The van der Waals surface area contributed by atoms with Gasteiger partial charge in [0.05, 0.1) is 18.2 Å². The second-order valence-corrected chi connectivity index (χ2v) is 8.51. The maximum atomic E-state index is 13.2. The van der Waals surface area contributed by atoms with Gasteiger partial charge in [0, 0.05) is 18.7 Å². The molecule has 182 valence electrons. The van der Waals surface area contributed by atoms with Crippen LogP contribution in [0.25, 0.3) is 5.76 Å². The lowest BCUT2D eigenvalue weighted by Crippen LogP contribution is -2.38. The van der Waals surface area contributed by atoms with Crippen LogP contribution in [0.15, 0.2) is 60.2 Å². The number of unbranched alkanes of at least 4 members (excludes halogenated alkanes) is 2. The molecule has 2 aromatic rings. The molecule has 6 nitrogen and oxygen atoms in total. The SMILES string of the molecule is CCCCCOc1cccc(C2/C(=C(\O)c3ccccc3)C(=O)C(=O)N2CCN(CC)CC)c1. The lowest BCUT2D eigenvalue weighted by molar-refractivity contribution is -0.140. The molecule has 1 aliphatic rings. The molecule has 1 heterocycles. The Balaban J connectivity index is 2.01. The van der Waals surface area contributed by atoms with Gasteiger partial charge in [-0.3, -0.25) is 9.59 Å². The van der Waals surface area contributed by atoms with Gasteiger partial charge in [-0.25, -0.2) is 0 Å². The molecule has 1 aliphatic heterocycles. The second kappa shape index (κ2) is 12.4. The molecule has 1 N–H and O–H groups in total. The number of hydrogen-bond acceptors (Lipinski definition) is 5. The maximum Gasteiger partial charge on any atom is 0.295 e. The highest BCUT2D eigenvalue weighted by Crippen LogP contribution is 2.40. The summed E-state index contributed by atoms with van der Waals surface area (Å²) in [5, 5.41) is 11.1. The average Bonchev–Trinajstić information content (AvgIpc) is 3.12. The van der Waals surface area contributed by atoms with Crippen molar-refractivity contribution in [2.75, 3.05) is 32.8 Å². The van der Waals surface area contributed by atoms with Crippen LogP contribution in [0.5, 0.6) is 5.75 Å². The number of carbonyl (C=O) groups excluding carboxylic acids is 2. The van der Waals surface area contributed by atoms with E-state index in [0.29, 0.717) is 31.0 Å². The predicted octanol–water partition coefficient (Wildman–Crippen LogP) is 5.02. The monoisotopic (exact) mass is 464 g/mol. The van der Waals surface area contributed by atoms with E-state index >= 15 is 0 Å². The van der Waals surface area contributed by atoms with E-state index in [0.717, 1.165) is 37.9 Å². The Hall–Kier alpha value is -3.12. The molecule has 3 rings (SSSR count). The second-order valence-electron chi connectivity index (χ2n) is 8.51. The molecule has 1 atom stereocenters. The largest absolute Gasteiger partial charge is 0.507 e. The molecule has 2 aromatic carbocycles. The normalized spacial score (nSPS) is 17.5. The number of likely N-dealkylation sites (tertiary alicyclic amines) is 1. The van der Waals surface area contributed by atoms with Crippen LogP contribution in [0.3, 0.4) is 0 Å². The van der Waals surface area contributed by atoms with Gasteiger partial charge in [-0.15, -0.1) is 0 Å². The van der Waals surface area contributed by atoms with E-state index in [-0.39, 0.29) is 11.3 Å². The van der Waals surface area contributed by atoms with Crippen molar-refractivity contribution in [2.24, 2.45) is 0 Å². The molecular weight excluding hydrogens is 428 g/mol. The standard InChI is InChI=1S/C28H36N2O4/c1-4-7-11-19-34-23-16-12-15-22(20-23)25-24(26(31)21-13-9-8-10-14-21)27(32)28(33)30(25)18-17-29(5-2)6-3/h8-10,12-16,20,25,31H,4-7,11,17-19H2,1-3H3/b26-24+. The van der Waals surface area contributed by atoms with Gasteiger partial charge < -0.3 is 19.6 Å². The number of benzene rings is 2. The Bertz CT molecular complexity index is 998. The zero-order valence-electron chi connectivity index (χ0n) is 20.5. The molecule has 34 heavy (non-hydrogen) atoms. The molecule has 1 unspecified atom stereocenters. The highest BCUT2D eigenvalue weighted by molar-refractivity contribution is 6.46. The number of Topliss-reactive ketones (excluding diaryl/α,β-unsaturated/α-hetero) is 1. The van der Waals surface area contributed by atoms with Crippen molar-refractivity contribution < 1.29 is 19.4 Å². The van der Waals surface area contributed by atoms with Crippen molar-refractivity contribution >= 4 is 17.4 Å². The fraction of sp³-hybridized carbons (Fsp3) is 0.429. The highest BCUT2D eigenvalue weighted by Gasteiger charge is 2.46. The van der Waals surface area contributed by atoms with E-state index in [1.54, 1.807) is 29.2 Å². The average molecular weight is 465 g/mol. The molecule has 6 heteroatoms. The Kier molecular flexibility index (Phi) is 9.28. The number of aliphatic hydroxyl groups is 1. The summed E-state index contributed by atoms with van der Waals surface area (Å²) in [6.45, 7) is 9.66. The first kappa shape index (κ1) is 25.5. The minimum Gasteiger partial charge on any atom is -0.507 e. The van der Waals surface area contributed by atoms with Crippen LogP contribution in [0.2, 0.25) is 0 Å². The van der Waals surface area contributed by atoms with E-state index in [1.807, 2.05) is 30.3 Å². The van der Waals surface area contributed by atoms with Crippen LogP contribution in [0.1, 0.15) is 57.2 Å². The predicted molar refractivity (Wildman–Crippen MR) is 135 cm³/mol. The van der Waals surface area contributed by atoms with Crippen LogP contribution < -0.4 is 4.74 Å². The maximum absolute atomic E-state index is 13.2. The number of amides is 1. The molecule has 0 bridgehead atoms. The zero-order valence-corrected chi connectivity index (χ0v) is 20.5. The summed E-state index contributed by atoms with van der Waals surface area (Å²) in [6.07, 6.45) is 3.18. The smallest absolute Gasteiger partial charge is 0.295 e. The summed E-state index contributed by atoms with van der Waals surface area (Å²) in [6, 6.07) is 15.8. The van der Waals surface area contributed by atoms with Gasteiger partial charge in [0.15, 0.2) is 0 Å². The highest BCUT2D eigenvalue weighted by atomic mass is 16.5. The molecule has 0 spiro atoms. The minimum absolute atomic E-state index is 0.124. The van der Waals surface area contributed by atoms with Gasteiger partial charge >= 0.3 is 0 Å². The van der Waals surface area contributed by atoms with Crippen LogP contribution in [-0.2, 0) is 9.59 Å². The summed E-state index contributed by atoms with van der Waals surface area (Å²) in [4.78, 5) is 30.1. The van der Waals surface area contributed by atoms with E-state index in [4.69, 9.17) is 4.74 Å². The number of carbonyl (C=O) groups is 2. The van der Waals surface area contributed by atoms with Crippen molar-refractivity contribution in [3.63, 3.8) is 0 Å². The third-order valence-electron chi connectivity index (χ3n) is 6.33. The van der Waals surface area contributed by atoms with Gasteiger partial charge in [-0.1, -0.05) is 76.1 Å². The van der Waals surface area contributed by atoms with Crippen LogP contribution in [0, 0.1) is 0 Å². The van der Waals surface area contributed by atoms with E-state index < -0.39 is 17.7 Å². The third-order valence-corrected chi connectivity index (χ3v) is 6.33. The van der Waals surface area contributed by atoms with Gasteiger partial charge in [-0.2, -0.15) is 0 Å².